The Labute approximate surface area is 127 Å². The predicted molar refractivity (Wildman–Crippen MR) is 81.5 cm³/mol. The Morgan fingerprint density at radius 1 is 1.35 bits per heavy atom. The van der Waals surface area contributed by atoms with Crippen molar-refractivity contribution in [2.24, 2.45) is 0 Å². The standard InChI is InChI=1S/C15H14Cl2N2O/c1-9-3-2-6-19(9)15(20)10-4-5-11-12(7-10)14(17)18-8-13(11)16/h4-5,7-9H,2-3,6H2,1H3. The second kappa shape index (κ2) is 5.23. The van der Waals surface area contributed by atoms with Crippen molar-refractivity contribution in [2.45, 2.75) is 25.8 Å². The lowest BCUT2D eigenvalue weighted by atomic mass is 10.1. The number of pyridine rings is 1. The number of likely N-dealkylation sites (tertiary alicyclic amines) is 1. The van der Waals surface area contributed by atoms with Gasteiger partial charge in [0.25, 0.3) is 5.91 Å². The molecule has 0 spiro atoms. The van der Waals surface area contributed by atoms with Crippen LogP contribution in [-0.4, -0.2) is 28.4 Å². The van der Waals surface area contributed by atoms with Crippen molar-refractivity contribution in [2.75, 3.05) is 6.54 Å². The van der Waals surface area contributed by atoms with Gasteiger partial charge in [-0.1, -0.05) is 29.3 Å². The molecule has 1 aromatic heterocycles. The van der Waals surface area contributed by atoms with Crippen LogP contribution in [0.25, 0.3) is 10.8 Å². The number of amides is 1. The Balaban J connectivity index is 2.05. The highest BCUT2D eigenvalue weighted by atomic mass is 35.5. The Morgan fingerprint density at radius 2 is 2.15 bits per heavy atom. The van der Waals surface area contributed by atoms with Crippen LogP contribution in [0.15, 0.2) is 24.4 Å². The highest BCUT2D eigenvalue weighted by molar-refractivity contribution is 6.39. The minimum Gasteiger partial charge on any atom is -0.336 e. The van der Waals surface area contributed by atoms with Gasteiger partial charge in [0.1, 0.15) is 5.15 Å². The van der Waals surface area contributed by atoms with Crippen molar-refractivity contribution in [1.82, 2.24) is 9.88 Å². The first-order chi connectivity index (χ1) is 9.58. The first-order valence-electron chi connectivity index (χ1n) is 6.62. The zero-order valence-corrected chi connectivity index (χ0v) is 12.6. The smallest absolute Gasteiger partial charge is 0.254 e. The molecule has 1 amide bonds. The first-order valence-corrected chi connectivity index (χ1v) is 7.38. The Hall–Kier alpha value is -1.32. The number of carbonyl (C=O) groups is 1. The molecule has 2 aromatic rings. The number of nitrogens with zero attached hydrogens (tertiary/aromatic N) is 2. The molecule has 0 radical (unpaired) electrons. The van der Waals surface area contributed by atoms with Gasteiger partial charge in [-0.3, -0.25) is 4.79 Å². The zero-order valence-electron chi connectivity index (χ0n) is 11.1. The fourth-order valence-electron chi connectivity index (χ4n) is 2.71. The summed E-state index contributed by atoms with van der Waals surface area (Å²) in [6.45, 7) is 2.90. The summed E-state index contributed by atoms with van der Waals surface area (Å²) in [5.74, 6) is 0.0490. The summed E-state index contributed by atoms with van der Waals surface area (Å²) in [6, 6.07) is 5.72. The van der Waals surface area contributed by atoms with E-state index in [9.17, 15) is 4.79 Å². The fourth-order valence-corrected chi connectivity index (χ4v) is 3.13. The summed E-state index contributed by atoms with van der Waals surface area (Å²) < 4.78 is 0. The second-order valence-electron chi connectivity index (χ2n) is 5.15. The van der Waals surface area contributed by atoms with Crippen LogP contribution in [0.3, 0.4) is 0 Å². The van der Waals surface area contributed by atoms with E-state index in [1.807, 2.05) is 11.0 Å². The third-order valence-corrected chi connectivity index (χ3v) is 4.45. The van der Waals surface area contributed by atoms with Crippen molar-refractivity contribution in [3.05, 3.63) is 40.1 Å². The number of benzene rings is 1. The highest BCUT2D eigenvalue weighted by Crippen LogP contribution is 2.29. The number of fused-ring (bicyclic) bond motifs is 1. The minimum atomic E-state index is 0.0490. The van der Waals surface area contributed by atoms with Gasteiger partial charge in [-0.05, 0) is 31.9 Å². The van der Waals surface area contributed by atoms with E-state index in [2.05, 4.69) is 11.9 Å². The average molecular weight is 309 g/mol. The van der Waals surface area contributed by atoms with Gasteiger partial charge >= 0.3 is 0 Å². The summed E-state index contributed by atoms with van der Waals surface area (Å²) >= 11 is 12.2. The van der Waals surface area contributed by atoms with Crippen LogP contribution in [0.1, 0.15) is 30.1 Å². The fraction of sp³-hybridized carbons (Fsp3) is 0.333. The Kier molecular flexibility index (Phi) is 3.57. The van der Waals surface area contributed by atoms with Gasteiger partial charge in [0.2, 0.25) is 0 Å². The van der Waals surface area contributed by atoms with E-state index >= 15 is 0 Å². The zero-order chi connectivity index (χ0) is 14.3. The van der Waals surface area contributed by atoms with Gasteiger partial charge in [0, 0.05) is 35.1 Å². The van der Waals surface area contributed by atoms with E-state index in [-0.39, 0.29) is 5.91 Å². The van der Waals surface area contributed by atoms with Gasteiger partial charge in [-0.15, -0.1) is 0 Å². The first kappa shape index (κ1) is 13.7. The molecule has 1 fully saturated rings. The normalized spacial score (nSPS) is 18.8. The Morgan fingerprint density at radius 3 is 2.85 bits per heavy atom. The molecule has 0 saturated carbocycles. The summed E-state index contributed by atoms with van der Waals surface area (Å²) in [4.78, 5) is 18.5. The number of hydrogen-bond acceptors (Lipinski definition) is 2. The lowest BCUT2D eigenvalue weighted by Crippen LogP contribution is -2.33. The molecule has 1 aromatic carbocycles. The van der Waals surface area contributed by atoms with Gasteiger partial charge in [0.15, 0.2) is 0 Å². The number of carbonyl (C=O) groups excluding carboxylic acids is 1. The van der Waals surface area contributed by atoms with Crippen molar-refractivity contribution in [3.8, 4) is 0 Å². The van der Waals surface area contributed by atoms with Gasteiger partial charge in [0.05, 0.1) is 5.02 Å². The number of hydrogen-bond donors (Lipinski definition) is 0. The molecule has 2 heterocycles. The van der Waals surface area contributed by atoms with Crippen molar-refractivity contribution in [3.63, 3.8) is 0 Å². The molecule has 1 aliphatic rings. The molecule has 5 heteroatoms. The lowest BCUT2D eigenvalue weighted by Gasteiger charge is -2.21. The molecule has 20 heavy (non-hydrogen) atoms. The minimum absolute atomic E-state index is 0.0490. The molecule has 0 aliphatic carbocycles. The molecule has 104 valence electrons. The summed E-state index contributed by atoms with van der Waals surface area (Å²) in [6.07, 6.45) is 3.65. The molecular weight excluding hydrogens is 295 g/mol. The van der Waals surface area contributed by atoms with Crippen LogP contribution >= 0.6 is 23.2 Å². The van der Waals surface area contributed by atoms with Crippen LogP contribution in [-0.2, 0) is 0 Å². The summed E-state index contributed by atoms with van der Waals surface area (Å²) in [5.41, 5.74) is 0.636. The monoisotopic (exact) mass is 308 g/mol. The molecule has 1 atom stereocenters. The maximum Gasteiger partial charge on any atom is 0.254 e. The maximum atomic E-state index is 12.5. The molecule has 3 rings (SSSR count). The molecule has 1 aliphatic heterocycles. The van der Waals surface area contributed by atoms with Crippen LogP contribution in [0.2, 0.25) is 10.2 Å². The maximum absolute atomic E-state index is 12.5. The summed E-state index contributed by atoms with van der Waals surface area (Å²) in [7, 11) is 0. The third-order valence-electron chi connectivity index (χ3n) is 3.85. The van der Waals surface area contributed by atoms with Crippen molar-refractivity contribution >= 4 is 39.9 Å². The SMILES string of the molecule is CC1CCCN1C(=O)c1ccc2c(Cl)cnc(Cl)c2c1. The summed E-state index contributed by atoms with van der Waals surface area (Å²) in [5, 5.41) is 2.45. The lowest BCUT2D eigenvalue weighted by molar-refractivity contribution is 0.0747. The largest absolute Gasteiger partial charge is 0.336 e. The third kappa shape index (κ3) is 2.25. The number of aromatic nitrogens is 1. The van der Waals surface area contributed by atoms with Gasteiger partial charge in [-0.2, -0.15) is 0 Å². The molecule has 0 N–H and O–H groups in total. The predicted octanol–water partition coefficient (Wildman–Crippen LogP) is 4.17. The van der Waals surface area contributed by atoms with Gasteiger partial charge < -0.3 is 4.90 Å². The molecule has 3 nitrogen and oxygen atoms in total. The molecule has 1 saturated heterocycles. The Bertz CT molecular complexity index is 687. The van der Waals surface area contributed by atoms with Crippen LogP contribution < -0.4 is 0 Å². The number of rotatable bonds is 1. The highest BCUT2D eigenvalue weighted by Gasteiger charge is 2.26. The quantitative estimate of drug-likeness (QED) is 0.741. The van der Waals surface area contributed by atoms with E-state index in [1.165, 1.54) is 6.20 Å². The second-order valence-corrected chi connectivity index (χ2v) is 5.91. The van der Waals surface area contributed by atoms with Crippen LogP contribution in [0.5, 0.6) is 0 Å². The topological polar surface area (TPSA) is 33.2 Å². The van der Waals surface area contributed by atoms with E-state index in [4.69, 9.17) is 23.2 Å². The molecule has 1 unspecified atom stereocenters. The van der Waals surface area contributed by atoms with Crippen LogP contribution in [0.4, 0.5) is 0 Å². The van der Waals surface area contributed by atoms with E-state index in [0.717, 1.165) is 30.2 Å². The van der Waals surface area contributed by atoms with Crippen molar-refractivity contribution < 1.29 is 4.79 Å². The van der Waals surface area contributed by atoms with Crippen molar-refractivity contribution in [1.29, 1.82) is 0 Å². The van der Waals surface area contributed by atoms with E-state index in [1.54, 1.807) is 12.1 Å². The van der Waals surface area contributed by atoms with E-state index < -0.39 is 0 Å². The molecular formula is C15H14Cl2N2O. The molecule has 0 bridgehead atoms. The number of halogens is 2. The van der Waals surface area contributed by atoms with Gasteiger partial charge in [-0.25, -0.2) is 4.98 Å². The van der Waals surface area contributed by atoms with E-state index in [0.29, 0.717) is 21.8 Å². The van der Waals surface area contributed by atoms with Crippen LogP contribution in [0, 0.1) is 0 Å². The average Bonchev–Trinajstić information content (AvgIpc) is 2.88.